The maximum atomic E-state index is 14.0. The van der Waals surface area contributed by atoms with E-state index in [4.69, 9.17) is 5.11 Å². The van der Waals surface area contributed by atoms with Crippen LogP contribution < -0.4 is 0 Å². The summed E-state index contributed by atoms with van der Waals surface area (Å²) in [5.74, 6) is -100. The van der Waals surface area contributed by atoms with Gasteiger partial charge in [-0.1, -0.05) is 0 Å². The molecule has 0 aromatic heterocycles. The third kappa shape index (κ3) is 4.56. The van der Waals surface area contributed by atoms with E-state index in [2.05, 4.69) is 0 Å². The molecule has 26 heteroatoms. The number of alkyl halides is 25. The summed E-state index contributed by atoms with van der Waals surface area (Å²) in [4.78, 5) is 0. The number of hydrogen-bond donors (Lipinski definition) is 1. The lowest BCUT2D eigenvalue weighted by Gasteiger charge is -2.45. The Balaban J connectivity index is 3.91. The van der Waals surface area contributed by atoms with Crippen LogP contribution in [0.5, 0.6) is 5.75 Å². The van der Waals surface area contributed by atoms with Gasteiger partial charge in [0.25, 0.3) is 0 Å². The molecule has 0 bridgehead atoms. The van der Waals surface area contributed by atoms with Crippen molar-refractivity contribution in [1.29, 1.82) is 0 Å². The molecule has 0 spiro atoms. The standard InChI is InChI=1S/C18H5F25O/c19-7(20,5-1-3-6(44)4-2-5)8(21,22)9(23,24)10(25,26)11(27,28)12(29,30)13(31,32)14(33,34)15(35,36)16(37,38)17(39,40)18(41,42)43/h1-4,44H. The molecule has 1 aromatic carbocycles. The molecule has 0 unspecified atom stereocenters. The van der Waals surface area contributed by atoms with Crippen molar-refractivity contribution in [2.24, 2.45) is 0 Å². The van der Waals surface area contributed by atoms with E-state index in [-0.39, 0.29) is 12.1 Å². The second-order valence-electron chi connectivity index (χ2n) is 8.36. The molecule has 0 saturated carbocycles. The summed E-state index contributed by atoms with van der Waals surface area (Å²) in [6.07, 6.45) is -8.18. The van der Waals surface area contributed by atoms with Crippen LogP contribution in [0, 0.1) is 0 Å². The molecule has 0 amide bonds. The summed E-state index contributed by atoms with van der Waals surface area (Å²) < 4.78 is 336. The zero-order chi connectivity index (χ0) is 36.0. The Bertz CT molecular complexity index is 1190. The molecule has 0 saturated heterocycles. The lowest BCUT2D eigenvalue weighted by atomic mass is 9.84. The zero-order valence-electron chi connectivity index (χ0n) is 19.2. The highest BCUT2D eigenvalue weighted by atomic mass is 19.4. The molecule has 0 radical (unpaired) electrons. The largest absolute Gasteiger partial charge is 0.508 e. The monoisotopic (exact) mass is 712 g/mol. The summed E-state index contributed by atoms with van der Waals surface area (Å²) in [6.45, 7) is 0. The first-order valence-corrected chi connectivity index (χ1v) is 9.77. The molecule has 1 N–H and O–H groups in total. The second-order valence-corrected chi connectivity index (χ2v) is 8.36. The van der Waals surface area contributed by atoms with Gasteiger partial charge in [0.05, 0.1) is 0 Å². The fraction of sp³-hybridized carbons (Fsp3) is 0.667. The van der Waals surface area contributed by atoms with Crippen LogP contribution in [0.25, 0.3) is 0 Å². The molecular formula is C18H5F25O. The number of hydrogen-bond acceptors (Lipinski definition) is 1. The van der Waals surface area contributed by atoms with Crippen LogP contribution in [-0.4, -0.2) is 70.5 Å². The lowest BCUT2D eigenvalue weighted by molar-refractivity contribution is -0.482. The molecule has 44 heavy (non-hydrogen) atoms. The molecule has 0 atom stereocenters. The van der Waals surface area contributed by atoms with E-state index < -0.39 is 94.8 Å². The summed E-state index contributed by atoms with van der Waals surface area (Å²) in [5, 5.41) is 8.83. The van der Waals surface area contributed by atoms with Gasteiger partial charge < -0.3 is 5.11 Å². The van der Waals surface area contributed by atoms with Crippen LogP contribution in [0.15, 0.2) is 24.3 Å². The van der Waals surface area contributed by atoms with Crippen LogP contribution in [0.3, 0.4) is 0 Å². The quantitative estimate of drug-likeness (QED) is 0.227. The van der Waals surface area contributed by atoms with Crippen molar-refractivity contribution in [3.8, 4) is 5.75 Å². The van der Waals surface area contributed by atoms with E-state index >= 15 is 0 Å². The first kappa shape index (κ1) is 39.3. The molecule has 0 aliphatic carbocycles. The highest BCUT2D eigenvalue weighted by Crippen LogP contribution is 2.68. The minimum absolute atomic E-state index is 0.112. The van der Waals surface area contributed by atoms with Gasteiger partial charge in [0.15, 0.2) is 0 Å². The van der Waals surface area contributed by atoms with Crippen molar-refractivity contribution in [2.45, 2.75) is 71.3 Å². The summed E-state index contributed by atoms with van der Waals surface area (Å²) in [7, 11) is 0. The van der Waals surface area contributed by atoms with Crippen molar-refractivity contribution >= 4 is 0 Å². The minimum atomic E-state index is -9.62. The summed E-state index contributed by atoms with van der Waals surface area (Å²) >= 11 is 0. The molecule has 1 aromatic rings. The Labute approximate surface area is 223 Å². The normalized spacial score (nSPS) is 16.4. The number of phenols is 1. The molecule has 0 fully saturated rings. The third-order valence-electron chi connectivity index (χ3n) is 5.53. The number of benzene rings is 1. The molecule has 0 heterocycles. The van der Waals surface area contributed by atoms with Gasteiger partial charge in [-0.05, 0) is 24.3 Å². The van der Waals surface area contributed by atoms with Gasteiger partial charge in [-0.15, -0.1) is 0 Å². The van der Waals surface area contributed by atoms with Gasteiger partial charge in [0.2, 0.25) is 0 Å². The van der Waals surface area contributed by atoms with Crippen LogP contribution in [-0.2, 0) is 5.92 Å². The Morgan fingerprint density at radius 3 is 0.727 bits per heavy atom. The number of aromatic hydroxyl groups is 1. The number of rotatable bonds is 11. The van der Waals surface area contributed by atoms with Crippen molar-refractivity contribution in [1.82, 2.24) is 0 Å². The molecule has 1 nitrogen and oxygen atoms in total. The van der Waals surface area contributed by atoms with Gasteiger partial charge in [-0.2, -0.15) is 110 Å². The predicted octanol–water partition coefficient (Wildman–Crippen LogP) is 9.40. The molecule has 0 aliphatic heterocycles. The highest BCUT2D eigenvalue weighted by Gasteiger charge is 2.99. The predicted molar refractivity (Wildman–Crippen MR) is 87.5 cm³/mol. The third-order valence-corrected chi connectivity index (χ3v) is 5.53. The Morgan fingerprint density at radius 2 is 0.500 bits per heavy atom. The van der Waals surface area contributed by atoms with E-state index in [9.17, 15) is 110 Å². The van der Waals surface area contributed by atoms with E-state index in [1.165, 1.54) is 0 Å². The fourth-order valence-corrected chi connectivity index (χ4v) is 2.80. The zero-order valence-corrected chi connectivity index (χ0v) is 19.2. The van der Waals surface area contributed by atoms with E-state index in [1.807, 2.05) is 0 Å². The van der Waals surface area contributed by atoms with Crippen molar-refractivity contribution < 1.29 is 115 Å². The van der Waals surface area contributed by atoms with Crippen LogP contribution in [0.4, 0.5) is 110 Å². The molecular weight excluding hydrogens is 707 g/mol. The number of halogens is 25. The maximum absolute atomic E-state index is 14.0. The van der Waals surface area contributed by atoms with Gasteiger partial charge in [-0.25, -0.2) is 0 Å². The first-order valence-electron chi connectivity index (χ1n) is 9.77. The van der Waals surface area contributed by atoms with Crippen molar-refractivity contribution in [3.63, 3.8) is 0 Å². The Hall–Kier alpha value is -2.73. The fourth-order valence-electron chi connectivity index (χ4n) is 2.80. The second kappa shape index (κ2) is 9.88. The van der Waals surface area contributed by atoms with Gasteiger partial charge >= 0.3 is 71.3 Å². The SMILES string of the molecule is Oc1ccc(C(F)(F)C(F)(F)C(F)(F)C(F)(F)C(F)(F)C(F)(F)C(F)(F)C(F)(F)C(F)(F)C(F)(F)C(F)(F)C(F)(F)F)cc1. The molecule has 0 aliphatic rings. The number of phenolic OH excluding ortho intramolecular Hbond substituents is 1. The average Bonchev–Trinajstić information content (AvgIpc) is 2.82. The van der Waals surface area contributed by atoms with Gasteiger partial charge in [0, 0.05) is 5.56 Å². The van der Waals surface area contributed by atoms with E-state index in [1.54, 1.807) is 0 Å². The minimum Gasteiger partial charge on any atom is -0.508 e. The topological polar surface area (TPSA) is 20.2 Å². The summed E-state index contributed by atoms with van der Waals surface area (Å²) in [6, 6.07) is -1.31. The van der Waals surface area contributed by atoms with Gasteiger partial charge in [0.1, 0.15) is 5.75 Å². The summed E-state index contributed by atoms with van der Waals surface area (Å²) in [5.41, 5.74) is -2.67. The van der Waals surface area contributed by atoms with E-state index in [0.717, 1.165) is 0 Å². The van der Waals surface area contributed by atoms with Crippen LogP contribution in [0.1, 0.15) is 5.56 Å². The lowest BCUT2D eigenvalue weighted by Crippen LogP contribution is -2.78. The average molecular weight is 712 g/mol. The van der Waals surface area contributed by atoms with E-state index in [0.29, 0.717) is 0 Å². The smallest absolute Gasteiger partial charge is 0.460 e. The maximum Gasteiger partial charge on any atom is 0.460 e. The van der Waals surface area contributed by atoms with Crippen molar-refractivity contribution in [3.05, 3.63) is 29.8 Å². The molecule has 258 valence electrons. The van der Waals surface area contributed by atoms with Crippen LogP contribution in [0.2, 0.25) is 0 Å². The van der Waals surface area contributed by atoms with Crippen molar-refractivity contribution in [2.75, 3.05) is 0 Å². The highest BCUT2D eigenvalue weighted by molar-refractivity contribution is 5.31. The molecule has 1 rings (SSSR count). The first-order chi connectivity index (χ1) is 18.7. The van der Waals surface area contributed by atoms with Gasteiger partial charge in [-0.3, -0.25) is 0 Å². The Morgan fingerprint density at radius 1 is 0.295 bits per heavy atom. The Kier molecular flexibility index (Phi) is 8.83. The van der Waals surface area contributed by atoms with Crippen LogP contribution >= 0.6 is 0 Å².